The van der Waals surface area contributed by atoms with Crippen molar-refractivity contribution >= 4 is 21.7 Å². The summed E-state index contributed by atoms with van der Waals surface area (Å²) in [5.74, 6) is -1.43. The molecule has 0 heterocycles. The molecule has 0 aliphatic carbocycles. The lowest BCUT2D eigenvalue weighted by atomic mass is 10.0. The summed E-state index contributed by atoms with van der Waals surface area (Å²) in [6, 6.07) is 2.23. The molecule has 19 heavy (non-hydrogen) atoms. The molecule has 1 unspecified atom stereocenters. The van der Waals surface area contributed by atoms with Gasteiger partial charge in [-0.15, -0.1) is 13.2 Å². The highest BCUT2D eigenvalue weighted by Gasteiger charge is 2.32. The first-order chi connectivity index (χ1) is 8.61. The van der Waals surface area contributed by atoms with Gasteiger partial charge in [0.2, 0.25) is 0 Å². The SMILES string of the molecule is CC(Br)C(=O)c1ccc(OC(F)(F)F)cc1C(F)F. The summed E-state index contributed by atoms with van der Waals surface area (Å²) < 4.78 is 65.0. The molecule has 1 rings (SSSR count). The number of hydrogen-bond acceptors (Lipinski definition) is 2. The highest BCUT2D eigenvalue weighted by atomic mass is 79.9. The van der Waals surface area contributed by atoms with E-state index in [4.69, 9.17) is 0 Å². The number of ether oxygens (including phenoxy) is 1. The van der Waals surface area contributed by atoms with Gasteiger partial charge in [0.05, 0.1) is 4.83 Å². The summed E-state index contributed by atoms with van der Waals surface area (Å²) in [5, 5.41) is 0. The summed E-state index contributed by atoms with van der Waals surface area (Å²) in [6.07, 6.45) is -8.06. The molecule has 0 aromatic heterocycles. The van der Waals surface area contributed by atoms with Crippen LogP contribution in [0.2, 0.25) is 0 Å². The first-order valence-electron chi connectivity index (χ1n) is 4.98. The van der Waals surface area contributed by atoms with Crippen LogP contribution in [0.15, 0.2) is 18.2 Å². The van der Waals surface area contributed by atoms with E-state index in [0.29, 0.717) is 6.07 Å². The summed E-state index contributed by atoms with van der Waals surface area (Å²) in [7, 11) is 0. The number of carbonyl (C=O) groups excluding carboxylic acids is 1. The first kappa shape index (κ1) is 15.9. The van der Waals surface area contributed by atoms with Crippen LogP contribution >= 0.6 is 15.9 Å². The monoisotopic (exact) mass is 346 g/mol. The van der Waals surface area contributed by atoms with E-state index in [0.717, 1.165) is 12.1 Å². The van der Waals surface area contributed by atoms with Crippen LogP contribution in [0.4, 0.5) is 22.0 Å². The van der Waals surface area contributed by atoms with Crippen molar-refractivity contribution in [3.63, 3.8) is 0 Å². The number of halogens is 6. The minimum absolute atomic E-state index is 0.339. The van der Waals surface area contributed by atoms with Crippen molar-refractivity contribution in [1.29, 1.82) is 0 Å². The van der Waals surface area contributed by atoms with E-state index in [1.165, 1.54) is 6.92 Å². The lowest BCUT2D eigenvalue weighted by Gasteiger charge is -2.13. The highest BCUT2D eigenvalue weighted by molar-refractivity contribution is 9.10. The third-order valence-corrected chi connectivity index (χ3v) is 2.53. The van der Waals surface area contributed by atoms with Gasteiger partial charge in [0.15, 0.2) is 5.78 Å². The van der Waals surface area contributed by atoms with Crippen molar-refractivity contribution in [3.05, 3.63) is 29.3 Å². The fraction of sp³-hybridized carbons (Fsp3) is 0.364. The molecule has 1 aromatic carbocycles. The first-order valence-corrected chi connectivity index (χ1v) is 5.89. The molecular formula is C11H8BrF5O2. The molecule has 0 fully saturated rings. The Balaban J connectivity index is 3.19. The molecule has 0 saturated heterocycles. The van der Waals surface area contributed by atoms with Crippen LogP contribution in [0.25, 0.3) is 0 Å². The lowest BCUT2D eigenvalue weighted by molar-refractivity contribution is -0.274. The van der Waals surface area contributed by atoms with Crippen LogP contribution in [0.3, 0.4) is 0 Å². The van der Waals surface area contributed by atoms with Gasteiger partial charge in [-0.05, 0) is 25.1 Å². The lowest BCUT2D eigenvalue weighted by Crippen LogP contribution is -2.18. The maximum atomic E-state index is 12.8. The molecule has 2 nitrogen and oxygen atoms in total. The van der Waals surface area contributed by atoms with Gasteiger partial charge in [-0.1, -0.05) is 15.9 Å². The average Bonchev–Trinajstić information content (AvgIpc) is 2.25. The zero-order valence-corrected chi connectivity index (χ0v) is 11.1. The number of hydrogen-bond donors (Lipinski definition) is 0. The number of rotatable bonds is 4. The molecular weight excluding hydrogens is 339 g/mol. The molecule has 0 aliphatic heterocycles. The van der Waals surface area contributed by atoms with Crippen LogP contribution in [0.5, 0.6) is 5.75 Å². The molecule has 0 bridgehead atoms. The van der Waals surface area contributed by atoms with Gasteiger partial charge in [-0.3, -0.25) is 4.79 Å². The third kappa shape index (κ3) is 4.45. The normalized spacial score (nSPS) is 13.5. The molecule has 0 amide bonds. The van der Waals surface area contributed by atoms with E-state index in [2.05, 4.69) is 20.7 Å². The molecule has 1 aromatic rings. The van der Waals surface area contributed by atoms with Crippen LogP contribution < -0.4 is 4.74 Å². The standard InChI is InChI=1S/C11H8BrF5O2/c1-5(12)9(18)7-3-2-6(19-11(15,16)17)4-8(7)10(13)14/h2-5,10H,1H3. The smallest absolute Gasteiger partial charge is 0.406 e. The predicted molar refractivity (Wildman–Crippen MR) is 60.8 cm³/mol. The summed E-state index contributed by atoms with van der Waals surface area (Å²) in [5.41, 5.74) is -1.13. The molecule has 1 atom stereocenters. The highest BCUT2D eigenvalue weighted by Crippen LogP contribution is 2.31. The Morgan fingerprint density at radius 3 is 2.32 bits per heavy atom. The largest absolute Gasteiger partial charge is 0.573 e. The Kier molecular flexibility index (Phi) is 4.89. The Hall–Kier alpha value is -1.18. The van der Waals surface area contributed by atoms with Gasteiger partial charge in [0.1, 0.15) is 5.75 Å². The molecule has 0 aliphatic rings. The van der Waals surface area contributed by atoms with Gasteiger partial charge >= 0.3 is 6.36 Å². The third-order valence-electron chi connectivity index (χ3n) is 2.12. The van der Waals surface area contributed by atoms with Gasteiger partial charge in [-0.2, -0.15) is 0 Å². The van der Waals surface area contributed by atoms with E-state index in [1.54, 1.807) is 0 Å². The number of Topliss-reactive ketones (excluding diaryl/α,β-unsaturated/α-hetero) is 1. The average molecular weight is 347 g/mol. The minimum atomic E-state index is -4.98. The molecule has 0 N–H and O–H groups in total. The van der Waals surface area contributed by atoms with Crippen LogP contribution in [-0.4, -0.2) is 17.0 Å². The van der Waals surface area contributed by atoms with Gasteiger partial charge in [0, 0.05) is 11.1 Å². The van der Waals surface area contributed by atoms with E-state index >= 15 is 0 Å². The topological polar surface area (TPSA) is 26.3 Å². The molecule has 0 saturated carbocycles. The summed E-state index contributed by atoms with van der Waals surface area (Å²) >= 11 is 2.92. The number of carbonyl (C=O) groups is 1. The van der Waals surface area contributed by atoms with Crippen molar-refractivity contribution in [2.45, 2.75) is 24.5 Å². The van der Waals surface area contributed by atoms with E-state index in [9.17, 15) is 26.7 Å². The number of benzene rings is 1. The van der Waals surface area contributed by atoms with Crippen molar-refractivity contribution in [2.75, 3.05) is 0 Å². The zero-order chi connectivity index (χ0) is 14.8. The maximum Gasteiger partial charge on any atom is 0.573 e. The summed E-state index contributed by atoms with van der Waals surface area (Å²) in [6.45, 7) is 1.43. The number of alkyl halides is 6. The Bertz CT molecular complexity index is 471. The van der Waals surface area contributed by atoms with Crippen molar-refractivity contribution in [1.82, 2.24) is 0 Å². The Labute approximate surface area is 113 Å². The number of ketones is 1. The quantitative estimate of drug-likeness (QED) is 0.456. The van der Waals surface area contributed by atoms with E-state index in [-0.39, 0.29) is 5.56 Å². The van der Waals surface area contributed by atoms with Gasteiger partial charge in [-0.25, -0.2) is 8.78 Å². The van der Waals surface area contributed by atoms with Gasteiger partial charge in [0.25, 0.3) is 6.43 Å². The fourth-order valence-electron chi connectivity index (χ4n) is 1.36. The van der Waals surface area contributed by atoms with Crippen LogP contribution in [0, 0.1) is 0 Å². The fourth-order valence-corrected chi connectivity index (χ4v) is 1.60. The predicted octanol–water partition coefficient (Wildman–Crippen LogP) is 4.49. The second kappa shape index (κ2) is 5.85. The second-order valence-corrected chi connectivity index (χ2v) is 4.95. The molecule has 8 heteroatoms. The van der Waals surface area contributed by atoms with Crippen LogP contribution in [-0.2, 0) is 0 Å². The zero-order valence-electron chi connectivity index (χ0n) is 9.47. The maximum absolute atomic E-state index is 12.8. The molecule has 106 valence electrons. The van der Waals surface area contributed by atoms with Crippen molar-refractivity contribution in [2.24, 2.45) is 0 Å². The molecule has 0 spiro atoms. The second-order valence-electron chi connectivity index (χ2n) is 3.58. The Morgan fingerprint density at radius 1 is 1.32 bits per heavy atom. The Morgan fingerprint density at radius 2 is 1.89 bits per heavy atom. The van der Waals surface area contributed by atoms with Gasteiger partial charge < -0.3 is 4.74 Å². The van der Waals surface area contributed by atoms with E-state index in [1.807, 2.05) is 0 Å². The molecule has 0 radical (unpaired) electrons. The van der Waals surface area contributed by atoms with Crippen LogP contribution in [0.1, 0.15) is 29.3 Å². The summed E-state index contributed by atoms with van der Waals surface area (Å²) in [4.78, 5) is 10.9. The van der Waals surface area contributed by atoms with Crippen molar-refractivity contribution in [3.8, 4) is 5.75 Å². The minimum Gasteiger partial charge on any atom is -0.406 e. The van der Waals surface area contributed by atoms with E-state index < -0.39 is 34.7 Å². The van der Waals surface area contributed by atoms with Crippen molar-refractivity contribution < 1.29 is 31.5 Å².